The van der Waals surface area contributed by atoms with E-state index in [0.29, 0.717) is 38.3 Å². The van der Waals surface area contributed by atoms with E-state index in [-0.39, 0.29) is 23.9 Å². The number of carbonyl (C=O) groups is 2. The van der Waals surface area contributed by atoms with Gasteiger partial charge in [0.25, 0.3) is 0 Å². The maximum Gasteiger partial charge on any atom is 0.490 e. The van der Waals surface area contributed by atoms with Crippen molar-refractivity contribution in [2.75, 3.05) is 51.1 Å². The van der Waals surface area contributed by atoms with Gasteiger partial charge in [0.05, 0.1) is 25.0 Å². The van der Waals surface area contributed by atoms with Crippen molar-refractivity contribution in [3.05, 3.63) is 35.4 Å². The smallest absolute Gasteiger partial charge is 0.490 e. The van der Waals surface area contributed by atoms with E-state index in [1.807, 2.05) is 0 Å². The first-order valence-corrected chi connectivity index (χ1v) is 13.4. The van der Waals surface area contributed by atoms with Crippen LogP contribution in [-0.2, 0) is 17.8 Å². The quantitative estimate of drug-likeness (QED) is 0.471. The van der Waals surface area contributed by atoms with Crippen molar-refractivity contribution in [1.82, 2.24) is 19.8 Å². The number of piperidine rings is 1. The van der Waals surface area contributed by atoms with E-state index in [1.54, 1.807) is 36.0 Å². The van der Waals surface area contributed by atoms with Crippen LogP contribution in [0.1, 0.15) is 38.1 Å². The molecule has 1 fully saturated rings. The molecule has 1 saturated heterocycles. The predicted molar refractivity (Wildman–Crippen MR) is 146 cm³/mol. The SMILES string of the molecule is COc1ccc(OC2CCN(c3nc4c(nc3NC(C)C)CCN(C(=O)N(C)C)C4)CC2)c(F)c1.O=C(O)C(F)(F)F. The number of methoxy groups -OCH3 is 1. The second-order valence-electron chi connectivity index (χ2n) is 10.3. The van der Waals surface area contributed by atoms with Crippen molar-refractivity contribution in [2.45, 2.75) is 58.0 Å². The molecular formula is C27H36F4N6O5. The fraction of sp³-hybridized carbons (Fsp3) is 0.556. The highest BCUT2D eigenvalue weighted by Gasteiger charge is 2.38. The molecule has 0 aliphatic carbocycles. The van der Waals surface area contributed by atoms with E-state index in [1.165, 1.54) is 13.2 Å². The summed E-state index contributed by atoms with van der Waals surface area (Å²) in [5.41, 5.74) is 1.78. The molecule has 15 heteroatoms. The maximum atomic E-state index is 14.3. The van der Waals surface area contributed by atoms with E-state index in [9.17, 15) is 22.4 Å². The zero-order valence-corrected chi connectivity index (χ0v) is 24.2. The standard InChI is InChI=1S/C25H35FN6O3.C2HF3O2/c1-16(2)27-23-24(29-21-15-32(25(33)30(3)4)13-10-20(21)28-23)31-11-8-17(9-12-31)35-22-7-6-18(34-5)14-19(22)26;3-2(4,5)1(6)7/h6-7,14,16-17H,8-13,15H2,1-5H3,(H,27,28);(H,6,7). The number of hydrogen-bond donors (Lipinski definition) is 2. The molecule has 232 valence electrons. The van der Waals surface area contributed by atoms with Crippen molar-refractivity contribution >= 4 is 23.6 Å². The Balaban J connectivity index is 0.000000616. The normalized spacial score (nSPS) is 15.4. The first-order valence-electron chi connectivity index (χ1n) is 13.4. The highest BCUT2D eigenvalue weighted by atomic mass is 19.4. The first-order chi connectivity index (χ1) is 19.7. The average Bonchev–Trinajstić information content (AvgIpc) is 2.93. The fourth-order valence-corrected chi connectivity index (χ4v) is 4.43. The molecule has 0 radical (unpaired) electrons. The molecule has 0 saturated carbocycles. The number of amides is 2. The van der Waals surface area contributed by atoms with E-state index in [2.05, 4.69) is 24.1 Å². The van der Waals surface area contributed by atoms with Crippen LogP contribution in [-0.4, -0.2) is 96.0 Å². The Hall–Kier alpha value is -4.04. The number of benzene rings is 1. The molecule has 2 aromatic rings. The van der Waals surface area contributed by atoms with Gasteiger partial charge in [-0.3, -0.25) is 0 Å². The van der Waals surface area contributed by atoms with Gasteiger partial charge < -0.3 is 34.6 Å². The van der Waals surface area contributed by atoms with Crippen LogP contribution in [0.15, 0.2) is 18.2 Å². The Bertz CT molecular complexity index is 1250. The number of halogens is 4. The van der Waals surface area contributed by atoms with E-state index in [0.717, 1.165) is 35.9 Å². The second-order valence-corrected chi connectivity index (χ2v) is 10.3. The molecule has 3 heterocycles. The van der Waals surface area contributed by atoms with Gasteiger partial charge in [0.2, 0.25) is 0 Å². The van der Waals surface area contributed by atoms with Gasteiger partial charge in [-0.2, -0.15) is 13.2 Å². The summed E-state index contributed by atoms with van der Waals surface area (Å²) in [6.45, 7) is 6.65. The fourth-order valence-electron chi connectivity index (χ4n) is 4.43. The highest BCUT2D eigenvalue weighted by molar-refractivity contribution is 5.74. The summed E-state index contributed by atoms with van der Waals surface area (Å²) in [6, 6.07) is 4.83. The van der Waals surface area contributed by atoms with Gasteiger partial charge in [-0.15, -0.1) is 0 Å². The molecule has 42 heavy (non-hydrogen) atoms. The van der Waals surface area contributed by atoms with Gasteiger partial charge in [0, 0.05) is 65.1 Å². The summed E-state index contributed by atoms with van der Waals surface area (Å²) in [4.78, 5) is 36.9. The van der Waals surface area contributed by atoms with Crippen molar-refractivity contribution in [3.63, 3.8) is 0 Å². The third-order valence-corrected chi connectivity index (χ3v) is 6.49. The van der Waals surface area contributed by atoms with Gasteiger partial charge in [-0.1, -0.05) is 0 Å². The van der Waals surface area contributed by atoms with Crippen molar-refractivity contribution < 1.29 is 41.7 Å². The second kappa shape index (κ2) is 13.7. The summed E-state index contributed by atoms with van der Waals surface area (Å²) >= 11 is 0. The van der Waals surface area contributed by atoms with Gasteiger partial charge in [-0.05, 0) is 26.0 Å². The Morgan fingerprint density at radius 1 is 1.12 bits per heavy atom. The molecule has 2 aliphatic heterocycles. The van der Waals surface area contributed by atoms with Gasteiger partial charge in [0.15, 0.2) is 23.2 Å². The number of carboxylic acid groups (broad SMARTS) is 1. The number of nitrogens with one attached hydrogen (secondary N) is 1. The minimum Gasteiger partial charge on any atom is -0.497 e. The number of aromatic nitrogens is 2. The average molecular weight is 601 g/mol. The number of alkyl halides is 3. The number of carbonyl (C=O) groups excluding carboxylic acids is 1. The number of ether oxygens (including phenoxy) is 2. The molecule has 0 atom stereocenters. The van der Waals surface area contributed by atoms with Crippen LogP contribution in [0, 0.1) is 5.82 Å². The van der Waals surface area contributed by atoms with Gasteiger partial charge in [0.1, 0.15) is 11.9 Å². The Morgan fingerprint density at radius 3 is 2.29 bits per heavy atom. The van der Waals surface area contributed by atoms with Crippen molar-refractivity contribution in [3.8, 4) is 11.5 Å². The summed E-state index contributed by atoms with van der Waals surface area (Å²) in [6.07, 6.45) is -3.03. The van der Waals surface area contributed by atoms with Crippen LogP contribution < -0.4 is 19.7 Å². The third kappa shape index (κ3) is 8.49. The van der Waals surface area contributed by atoms with E-state index in [4.69, 9.17) is 29.3 Å². The van der Waals surface area contributed by atoms with Crippen LogP contribution >= 0.6 is 0 Å². The zero-order valence-electron chi connectivity index (χ0n) is 24.2. The van der Waals surface area contributed by atoms with Crippen molar-refractivity contribution in [1.29, 1.82) is 0 Å². The van der Waals surface area contributed by atoms with Crippen LogP contribution in [0.5, 0.6) is 11.5 Å². The topological polar surface area (TPSA) is 120 Å². The third-order valence-electron chi connectivity index (χ3n) is 6.49. The number of urea groups is 1. The molecule has 1 aromatic heterocycles. The minimum atomic E-state index is -5.08. The van der Waals surface area contributed by atoms with Crippen LogP contribution in [0.25, 0.3) is 0 Å². The number of fused-ring (bicyclic) bond motifs is 1. The van der Waals surface area contributed by atoms with E-state index >= 15 is 0 Å². The molecule has 11 nitrogen and oxygen atoms in total. The molecule has 0 spiro atoms. The molecule has 0 unspecified atom stereocenters. The number of rotatable bonds is 6. The molecule has 2 aliphatic rings. The number of aliphatic carboxylic acids is 1. The lowest BCUT2D eigenvalue weighted by atomic mass is 10.1. The Kier molecular flexibility index (Phi) is 10.6. The van der Waals surface area contributed by atoms with Gasteiger partial charge >= 0.3 is 18.2 Å². The minimum absolute atomic E-state index is 0.0212. The molecule has 4 rings (SSSR count). The largest absolute Gasteiger partial charge is 0.497 e. The lowest BCUT2D eigenvalue weighted by Gasteiger charge is -2.35. The van der Waals surface area contributed by atoms with E-state index < -0.39 is 18.0 Å². The molecular weight excluding hydrogens is 564 g/mol. The molecule has 1 aromatic carbocycles. The van der Waals surface area contributed by atoms with Crippen LogP contribution in [0.2, 0.25) is 0 Å². The number of nitrogens with zero attached hydrogens (tertiary/aromatic N) is 5. The van der Waals surface area contributed by atoms with Gasteiger partial charge in [-0.25, -0.2) is 23.9 Å². The molecule has 2 amide bonds. The maximum absolute atomic E-state index is 14.3. The summed E-state index contributed by atoms with van der Waals surface area (Å²) in [5, 5.41) is 10.6. The summed E-state index contributed by atoms with van der Waals surface area (Å²) in [7, 11) is 5.03. The summed E-state index contributed by atoms with van der Waals surface area (Å²) < 4.78 is 57.1. The lowest BCUT2D eigenvalue weighted by Crippen LogP contribution is -2.43. The molecule has 2 N–H and O–H groups in total. The Morgan fingerprint density at radius 2 is 1.76 bits per heavy atom. The first kappa shape index (κ1) is 32.5. The van der Waals surface area contributed by atoms with Crippen LogP contribution in [0.3, 0.4) is 0 Å². The monoisotopic (exact) mass is 600 g/mol. The molecule has 0 bridgehead atoms. The number of anilines is 2. The Labute approximate surface area is 241 Å². The predicted octanol–water partition coefficient (Wildman–Crippen LogP) is 4.17. The number of hydrogen-bond acceptors (Lipinski definition) is 8. The number of carboxylic acids is 1. The lowest BCUT2D eigenvalue weighted by molar-refractivity contribution is -0.192. The highest BCUT2D eigenvalue weighted by Crippen LogP contribution is 2.31. The van der Waals surface area contributed by atoms with Crippen LogP contribution in [0.4, 0.5) is 34.0 Å². The zero-order chi connectivity index (χ0) is 31.2. The van der Waals surface area contributed by atoms with Crippen molar-refractivity contribution in [2.24, 2.45) is 0 Å². The summed E-state index contributed by atoms with van der Waals surface area (Å²) in [5.74, 6) is -0.908.